The zero-order valence-electron chi connectivity index (χ0n) is 19.3. The maximum Gasteiger partial charge on any atom is 0.258 e. The maximum atomic E-state index is 13.0. The number of anilines is 2. The number of aromatic nitrogens is 2. The van der Waals surface area contributed by atoms with Crippen LogP contribution in [0.2, 0.25) is 5.02 Å². The zero-order valence-corrected chi connectivity index (χ0v) is 20.1. The SMILES string of the molecule is Cc1nn(C)c(C)c1CN=C(NC(=O)c1cccc(N(C)C)c1)Nc1cccc(Cl)c1C. The van der Waals surface area contributed by atoms with Gasteiger partial charge in [0.05, 0.1) is 12.2 Å². The molecule has 0 spiro atoms. The molecule has 0 saturated carbocycles. The predicted octanol–water partition coefficient (Wildman–Crippen LogP) is 4.46. The number of carbonyl (C=O) groups is 1. The Morgan fingerprint density at radius 2 is 1.88 bits per heavy atom. The summed E-state index contributed by atoms with van der Waals surface area (Å²) in [6.07, 6.45) is 0. The molecule has 3 rings (SSSR count). The average Bonchev–Trinajstić information content (AvgIpc) is 3.00. The van der Waals surface area contributed by atoms with E-state index in [0.717, 1.165) is 33.9 Å². The summed E-state index contributed by atoms with van der Waals surface area (Å²) >= 11 is 6.28. The van der Waals surface area contributed by atoms with Crippen LogP contribution in [-0.4, -0.2) is 35.7 Å². The smallest absolute Gasteiger partial charge is 0.258 e. The average molecular weight is 453 g/mol. The Morgan fingerprint density at radius 3 is 2.53 bits per heavy atom. The summed E-state index contributed by atoms with van der Waals surface area (Å²) in [5, 5.41) is 11.2. The number of rotatable bonds is 5. The van der Waals surface area contributed by atoms with Crippen molar-refractivity contribution in [3.05, 3.63) is 75.6 Å². The quantitative estimate of drug-likeness (QED) is 0.442. The molecule has 0 bridgehead atoms. The van der Waals surface area contributed by atoms with Gasteiger partial charge in [0.25, 0.3) is 5.91 Å². The molecule has 2 N–H and O–H groups in total. The number of hydrogen-bond donors (Lipinski definition) is 2. The highest BCUT2D eigenvalue weighted by molar-refractivity contribution is 6.31. The van der Waals surface area contributed by atoms with Crippen LogP contribution in [0.5, 0.6) is 0 Å². The fourth-order valence-corrected chi connectivity index (χ4v) is 3.46. The number of amides is 1. The van der Waals surface area contributed by atoms with Gasteiger partial charge in [-0.15, -0.1) is 0 Å². The van der Waals surface area contributed by atoms with E-state index in [0.29, 0.717) is 23.1 Å². The number of nitrogens with one attached hydrogen (secondary N) is 2. The molecule has 1 aromatic heterocycles. The van der Waals surface area contributed by atoms with Crippen molar-refractivity contribution in [1.29, 1.82) is 0 Å². The van der Waals surface area contributed by atoms with Crippen LogP contribution in [0.15, 0.2) is 47.5 Å². The van der Waals surface area contributed by atoms with Crippen molar-refractivity contribution in [2.75, 3.05) is 24.3 Å². The number of carbonyl (C=O) groups excluding carboxylic acids is 1. The van der Waals surface area contributed by atoms with Crippen LogP contribution >= 0.6 is 11.6 Å². The van der Waals surface area contributed by atoms with Crippen molar-refractivity contribution in [3.63, 3.8) is 0 Å². The molecule has 0 aliphatic carbocycles. The Hall–Kier alpha value is -3.32. The molecule has 0 aliphatic rings. The summed E-state index contributed by atoms with van der Waals surface area (Å²) in [7, 11) is 5.78. The molecule has 0 unspecified atom stereocenters. The predicted molar refractivity (Wildman–Crippen MR) is 132 cm³/mol. The Morgan fingerprint density at radius 1 is 1.16 bits per heavy atom. The van der Waals surface area contributed by atoms with Crippen LogP contribution in [0.3, 0.4) is 0 Å². The van der Waals surface area contributed by atoms with Crippen LogP contribution in [0.4, 0.5) is 11.4 Å². The van der Waals surface area contributed by atoms with E-state index in [1.807, 2.05) is 87.9 Å². The number of aliphatic imine (C=N–C) groups is 1. The number of halogens is 1. The number of nitrogens with zero attached hydrogens (tertiary/aromatic N) is 4. The van der Waals surface area contributed by atoms with E-state index in [4.69, 9.17) is 11.6 Å². The third-order valence-electron chi connectivity index (χ3n) is 5.43. The Kier molecular flexibility index (Phi) is 7.20. The van der Waals surface area contributed by atoms with Gasteiger partial charge in [0.15, 0.2) is 0 Å². The summed E-state index contributed by atoms with van der Waals surface area (Å²) in [5.74, 6) is 0.0949. The lowest BCUT2D eigenvalue weighted by Gasteiger charge is -2.16. The lowest BCUT2D eigenvalue weighted by Crippen LogP contribution is -2.36. The standard InChI is InChI=1S/C24H29ClN6O/c1-15-21(25)11-8-12-22(15)27-24(26-14-20-16(2)29-31(6)17(20)3)28-23(32)18-9-7-10-19(13-18)30(4)5/h7-13H,14H2,1-6H3,(H2,26,27,28,32). The van der Waals surface area contributed by atoms with Crippen LogP contribution in [-0.2, 0) is 13.6 Å². The summed E-state index contributed by atoms with van der Waals surface area (Å²) in [5.41, 5.74) is 6.11. The van der Waals surface area contributed by atoms with E-state index in [1.54, 1.807) is 6.07 Å². The van der Waals surface area contributed by atoms with Gasteiger partial charge in [-0.1, -0.05) is 23.7 Å². The fourth-order valence-electron chi connectivity index (χ4n) is 3.29. The van der Waals surface area contributed by atoms with Gasteiger partial charge in [-0.2, -0.15) is 5.10 Å². The normalized spacial score (nSPS) is 11.4. The van der Waals surface area contributed by atoms with Crippen molar-refractivity contribution in [3.8, 4) is 0 Å². The van der Waals surface area contributed by atoms with Gasteiger partial charge in [0, 0.05) is 54.4 Å². The van der Waals surface area contributed by atoms with Gasteiger partial charge in [0.1, 0.15) is 0 Å². The summed E-state index contributed by atoms with van der Waals surface area (Å²) in [6.45, 7) is 6.26. The molecule has 2 aromatic carbocycles. The van der Waals surface area contributed by atoms with Crippen LogP contribution < -0.4 is 15.5 Å². The molecule has 8 heteroatoms. The molecule has 7 nitrogen and oxygen atoms in total. The minimum absolute atomic E-state index is 0.251. The van der Waals surface area contributed by atoms with E-state index in [-0.39, 0.29) is 5.91 Å². The summed E-state index contributed by atoms with van der Waals surface area (Å²) < 4.78 is 1.83. The highest BCUT2D eigenvalue weighted by Gasteiger charge is 2.14. The molecule has 1 heterocycles. The first-order valence-electron chi connectivity index (χ1n) is 10.3. The third-order valence-corrected chi connectivity index (χ3v) is 5.84. The van der Waals surface area contributed by atoms with Gasteiger partial charge in [-0.3, -0.25) is 14.8 Å². The molecule has 1 amide bonds. The Bertz CT molecular complexity index is 1170. The number of guanidine groups is 1. The van der Waals surface area contributed by atoms with E-state index >= 15 is 0 Å². The van der Waals surface area contributed by atoms with Crippen molar-refractivity contribution in [2.24, 2.45) is 12.0 Å². The summed E-state index contributed by atoms with van der Waals surface area (Å²) in [6, 6.07) is 13.0. The number of hydrogen-bond acceptors (Lipinski definition) is 4. The molecule has 3 aromatic rings. The first-order chi connectivity index (χ1) is 15.2. The van der Waals surface area contributed by atoms with Gasteiger partial charge >= 0.3 is 0 Å². The zero-order chi connectivity index (χ0) is 23.4. The largest absolute Gasteiger partial charge is 0.378 e. The molecule has 0 fully saturated rings. The topological polar surface area (TPSA) is 74.5 Å². The van der Waals surface area contributed by atoms with Gasteiger partial charge in [-0.05, 0) is 56.7 Å². The minimum atomic E-state index is -0.251. The molecule has 168 valence electrons. The van der Waals surface area contributed by atoms with Crippen molar-refractivity contribution < 1.29 is 4.79 Å². The first kappa shape index (κ1) is 23.3. The first-order valence-corrected chi connectivity index (χ1v) is 10.7. The molecule has 0 saturated heterocycles. The highest BCUT2D eigenvalue weighted by Crippen LogP contribution is 2.23. The maximum absolute atomic E-state index is 13.0. The van der Waals surface area contributed by atoms with E-state index in [9.17, 15) is 4.79 Å². The molecule has 0 atom stereocenters. The van der Waals surface area contributed by atoms with Crippen LogP contribution in [0, 0.1) is 20.8 Å². The Labute approximate surface area is 194 Å². The molecule has 0 aliphatic heterocycles. The second-order valence-corrected chi connectivity index (χ2v) is 8.28. The van der Waals surface area contributed by atoms with Crippen molar-refractivity contribution in [1.82, 2.24) is 15.1 Å². The fraction of sp³-hybridized carbons (Fsp3) is 0.292. The third kappa shape index (κ3) is 5.29. The Balaban J connectivity index is 1.91. The summed E-state index contributed by atoms with van der Waals surface area (Å²) in [4.78, 5) is 19.7. The van der Waals surface area contributed by atoms with Crippen LogP contribution in [0.1, 0.15) is 32.9 Å². The minimum Gasteiger partial charge on any atom is -0.378 e. The monoisotopic (exact) mass is 452 g/mol. The lowest BCUT2D eigenvalue weighted by atomic mass is 10.2. The molecular formula is C24H29ClN6O. The van der Waals surface area contributed by atoms with Gasteiger partial charge in [-0.25, -0.2) is 4.99 Å². The van der Waals surface area contributed by atoms with E-state index < -0.39 is 0 Å². The van der Waals surface area contributed by atoms with Crippen molar-refractivity contribution in [2.45, 2.75) is 27.3 Å². The molecule has 0 radical (unpaired) electrons. The highest BCUT2D eigenvalue weighted by atomic mass is 35.5. The second kappa shape index (κ2) is 9.87. The van der Waals surface area contributed by atoms with E-state index in [2.05, 4.69) is 20.7 Å². The number of aryl methyl sites for hydroxylation is 2. The van der Waals surface area contributed by atoms with Crippen molar-refractivity contribution >= 4 is 34.8 Å². The number of benzene rings is 2. The lowest BCUT2D eigenvalue weighted by molar-refractivity contribution is 0.0977. The molecular weight excluding hydrogens is 424 g/mol. The van der Waals surface area contributed by atoms with Gasteiger partial charge in [0.2, 0.25) is 5.96 Å². The van der Waals surface area contributed by atoms with Crippen LogP contribution in [0.25, 0.3) is 0 Å². The van der Waals surface area contributed by atoms with E-state index in [1.165, 1.54) is 0 Å². The second-order valence-electron chi connectivity index (χ2n) is 7.87. The molecule has 32 heavy (non-hydrogen) atoms. The van der Waals surface area contributed by atoms with Gasteiger partial charge < -0.3 is 10.2 Å².